The SMILES string of the molecule is CCC(CC)(C(=O)O)n1nnnc1-c1cc(C)nnc1C. The van der Waals surface area contributed by atoms with E-state index in [0.29, 0.717) is 29.9 Å². The van der Waals surface area contributed by atoms with Gasteiger partial charge in [-0.3, -0.25) is 0 Å². The van der Waals surface area contributed by atoms with Crippen LogP contribution in [0.15, 0.2) is 6.07 Å². The average Bonchev–Trinajstić information content (AvgIpc) is 2.93. The highest BCUT2D eigenvalue weighted by Gasteiger charge is 2.40. The summed E-state index contributed by atoms with van der Waals surface area (Å²) in [6.45, 7) is 7.23. The smallest absolute Gasteiger partial charge is 0.331 e. The van der Waals surface area contributed by atoms with Gasteiger partial charge in [-0.1, -0.05) is 13.8 Å². The van der Waals surface area contributed by atoms with Crippen molar-refractivity contribution >= 4 is 5.97 Å². The van der Waals surface area contributed by atoms with Crippen molar-refractivity contribution in [1.29, 1.82) is 0 Å². The molecule has 0 aliphatic heterocycles. The van der Waals surface area contributed by atoms with Gasteiger partial charge in [-0.2, -0.15) is 10.2 Å². The fourth-order valence-corrected chi connectivity index (χ4v) is 2.36. The molecule has 0 saturated heterocycles. The van der Waals surface area contributed by atoms with Crippen LogP contribution in [0.25, 0.3) is 11.4 Å². The quantitative estimate of drug-likeness (QED) is 0.885. The highest BCUT2D eigenvalue weighted by atomic mass is 16.4. The summed E-state index contributed by atoms with van der Waals surface area (Å²) < 4.78 is 1.39. The molecule has 0 aromatic carbocycles. The van der Waals surface area contributed by atoms with Gasteiger partial charge in [0, 0.05) is 5.56 Å². The van der Waals surface area contributed by atoms with Crippen molar-refractivity contribution in [2.75, 3.05) is 0 Å². The van der Waals surface area contributed by atoms with E-state index in [1.165, 1.54) is 4.68 Å². The minimum Gasteiger partial charge on any atom is -0.479 e. The summed E-state index contributed by atoms with van der Waals surface area (Å²) in [7, 11) is 0. The van der Waals surface area contributed by atoms with E-state index in [1.807, 2.05) is 26.8 Å². The van der Waals surface area contributed by atoms with Crippen molar-refractivity contribution in [2.45, 2.75) is 46.1 Å². The lowest BCUT2D eigenvalue weighted by atomic mass is 9.92. The van der Waals surface area contributed by atoms with Gasteiger partial charge < -0.3 is 5.11 Å². The Hall–Kier alpha value is -2.38. The zero-order valence-electron chi connectivity index (χ0n) is 12.5. The Morgan fingerprint density at radius 2 is 1.90 bits per heavy atom. The Bertz CT molecular complexity index is 662. The number of hydrogen-bond donors (Lipinski definition) is 1. The molecule has 0 saturated carbocycles. The highest BCUT2D eigenvalue weighted by molar-refractivity contribution is 5.77. The molecule has 2 rings (SSSR count). The van der Waals surface area contributed by atoms with Crippen LogP contribution in [0.4, 0.5) is 0 Å². The van der Waals surface area contributed by atoms with Crippen LogP contribution in [0, 0.1) is 13.8 Å². The van der Waals surface area contributed by atoms with E-state index in [-0.39, 0.29) is 0 Å². The second-order valence-electron chi connectivity index (χ2n) is 4.94. The molecular weight excluding hydrogens is 272 g/mol. The first-order valence-electron chi connectivity index (χ1n) is 6.79. The third-order valence-electron chi connectivity index (χ3n) is 3.78. The van der Waals surface area contributed by atoms with Gasteiger partial charge in [0.2, 0.25) is 0 Å². The first-order valence-corrected chi connectivity index (χ1v) is 6.79. The van der Waals surface area contributed by atoms with Gasteiger partial charge >= 0.3 is 5.97 Å². The lowest BCUT2D eigenvalue weighted by Gasteiger charge is -2.27. The first kappa shape index (κ1) is 15.0. The fourth-order valence-electron chi connectivity index (χ4n) is 2.36. The number of aromatic nitrogens is 6. The molecule has 1 N–H and O–H groups in total. The van der Waals surface area contributed by atoms with Crippen LogP contribution in [-0.2, 0) is 10.3 Å². The second-order valence-corrected chi connectivity index (χ2v) is 4.94. The molecule has 0 amide bonds. The van der Waals surface area contributed by atoms with Crippen molar-refractivity contribution in [3.8, 4) is 11.4 Å². The topological polar surface area (TPSA) is 107 Å². The van der Waals surface area contributed by atoms with Crippen LogP contribution in [0.1, 0.15) is 38.1 Å². The number of hydrogen-bond acceptors (Lipinski definition) is 6. The summed E-state index contributed by atoms with van der Waals surface area (Å²) in [5, 5.41) is 29.3. The van der Waals surface area contributed by atoms with Gasteiger partial charge in [-0.15, -0.1) is 5.10 Å². The Labute approximate surface area is 122 Å². The Kier molecular flexibility index (Phi) is 3.97. The number of aryl methyl sites for hydroxylation is 2. The van der Waals surface area contributed by atoms with Crippen LogP contribution in [-0.4, -0.2) is 41.5 Å². The van der Waals surface area contributed by atoms with E-state index in [4.69, 9.17) is 0 Å². The van der Waals surface area contributed by atoms with Gasteiger partial charge in [-0.05, 0) is 43.2 Å². The van der Waals surface area contributed by atoms with Gasteiger partial charge in [0.05, 0.1) is 11.4 Å². The summed E-state index contributed by atoms with van der Waals surface area (Å²) in [5.41, 5.74) is 0.907. The average molecular weight is 290 g/mol. The molecule has 0 bridgehead atoms. The maximum atomic E-state index is 11.8. The molecule has 0 unspecified atom stereocenters. The first-order chi connectivity index (χ1) is 9.96. The van der Waals surface area contributed by atoms with Crippen molar-refractivity contribution in [2.24, 2.45) is 0 Å². The van der Waals surface area contributed by atoms with Crippen LogP contribution >= 0.6 is 0 Å². The summed E-state index contributed by atoms with van der Waals surface area (Å²) in [6.07, 6.45) is 0.765. The molecule has 8 nitrogen and oxygen atoms in total. The molecule has 0 aliphatic carbocycles. The van der Waals surface area contributed by atoms with Crippen LogP contribution in [0.2, 0.25) is 0 Å². The lowest BCUT2D eigenvalue weighted by molar-refractivity contribution is -0.148. The predicted octanol–water partition coefficient (Wildman–Crippen LogP) is 1.35. The zero-order chi connectivity index (χ0) is 15.6. The zero-order valence-corrected chi connectivity index (χ0v) is 12.5. The summed E-state index contributed by atoms with van der Waals surface area (Å²) >= 11 is 0. The standard InChI is InChI=1S/C13H18N6O2/c1-5-13(6-2,12(20)21)19-11(16-17-18-19)10-7-8(3)14-15-9(10)4/h7H,5-6H2,1-4H3,(H,20,21). The van der Waals surface area contributed by atoms with Crippen LogP contribution < -0.4 is 0 Å². The number of carboxylic acids is 1. The Morgan fingerprint density at radius 1 is 1.24 bits per heavy atom. The maximum Gasteiger partial charge on any atom is 0.331 e. The molecule has 0 aliphatic rings. The van der Waals surface area contributed by atoms with E-state index >= 15 is 0 Å². The van der Waals surface area contributed by atoms with E-state index in [2.05, 4.69) is 25.7 Å². The number of carbonyl (C=O) groups is 1. The van der Waals surface area contributed by atoms with Crippen LogP contribution in [0.3, 0.4) is 0 Å². The number of tetrazole rings is 1. The van der Waals surface area contributed by atoms with E-state index < -0.39 is 11.5 Å². The molecule has 0 fully saturated rings. The monoisotopic (exact) mass is 290 g/mol. The van der Waals surface area contributed by atoms with E-state index in [9.17, 15) is 9.90 Å². The largest absolute Gasteiger partial charge is 0.479 e. The van der Waals surface area contributed by atoms with E-state index in [0.717, 1.165) is 5.69 Å². The molecule has 112 valence electrons. The second kappa shape index (κ2) is 5.55. The van der Waals surface area contributed by atoms with Gasteiger partial charge in [-0.25, -0.2) is 9.48 Å². The van der Waals surface area contributed by atoms with E-state index in [1.54, 1.807) is 6.92 Å². The molecule has 0 radical (unpaired) electrons. The normalized spacial score (nSPS) is 11.6. The van der Waals surface area contributed by atoms with Gasteiger partial charge in [0.25, 0.3) is 0 Å². The van der Waals surface area contributed by atoms with Crippen molar-refractivity contribution < 1.29 is 9.90 Å². The van der Waals surface area contributed by atoms with Crippen molar-refractivity contribution in [3.05, 3.63) is 17.5 Å². The fraction of sp³-hybridized carbons (Fsp3) is 0.538. The third kappa shape index (κ3) is 2.37. The summed E-state index contributed by atoms with van der Waals surface area (Å²) in [6, 6.07) is 1.81. The predicted molar refractivity (Wildman–Crippen MR) is 74.5 cm³/mol. The summed E-state index contributed by atoms with van der Waals surface area (Å²) in [4.78, 5) is 11.8. The minimum absolute atomic E-state index is 0.382. The van der Waals surface area contributed by atoms with Crippen molar-refractivity contribution in [3.63, 3.8) is 0 Å². The maximum absolute atomic E-state index is 11.8. The van der Waals surface area contributed by atoms with Gasteiger partial charge in [0.15, 0.2) is 11.4 Å². The number of rotatable bonds is 5. The molecule has 21 heavy (non-hydrogen) atoms. The molecule has 0 spiro atoms. The molecule has 8 heteroatoms. The number of aliphatic carboxylic acids is 1. The van der Waals surface area contributed by atoms with Crippen LogP contribution in [0.5, 0.6) is 0 Å². The minimum atomic E-state index is -1.16. The molecule has 2 aromatic heterocycles. The highest BCUT2D eigenvalue weighted by Crippen LogP contribution is 2.30. The van der Waals surface area contributed by atoms with Gasteiger partial charge in [0.1, 0.15) is 0 Å². The lowest BCUT2D eigenvalue weighted by Crippen LogP contribution is -2.42. The molecular formula is C13H18N6O2. The van der Waals surface area contributed by atoms with Crippen molar-refractivity contribution in [1.82, 2.24) is 30.4 Å². The summed E-state index contributed by atoms with van der Waals surface area (Å²) in [5.74, 6) is -0.547. The molecule has 2 aromatic rings. The number of nitrogens with zero attached hydrogens (tertiary/aromatic N) is 6. The third-order valence-corrected chi connectivity index (χ3v) is 3.78. The molecule has 2 heterocycles. The Balaban J connectivity index is 2.67. The molecule has 0 atom stereocenters. The number of carboxylic acid groups (broad SMARTS) is 1. The Morgan fingerprint density at radius 3 is 2.48 bits per heavy atom.